The van der Waals surface area contributed by atoms with Crippen molar-refractivity contribution in [2.45, 2.75) is 25.7 Å². The molecule has 1 aliphatic heterocycles. The van der Waals surface area contributed by atoms with Gasteiger partial charge in [-0.2, -0.15) is 13.2 Å². The van der Waals surface area contributed by atoms with Gasteiger partial charge in [0, 0.05) is 54.5 Å². The third-order valence-corrected chi connectivity index (χ3v) is 5.26. The molecule has 1 atom stereocenters. The zero-order valence-electron chi connectivity index (χ0n) is 14.7. The van der Waals surface area contributed by atoms with Crippen molar-refractivity contribution in [3.8, 4) is 0 Å². The first kappa shape index (κ1) is 17.4. The normalized spacial score (nSPS) is 17.8. The van der Waals surface area contributed by atoms with Gasteiger partial charge in [0.05, 0.1) is 0 Å². The highest BCUT2D eigenvalue weighted by Gasteiger charge is 2.45. The summed E-state index contributed by atoms with van der Waals surface area (Å²) in [6.07, 6.45) is -4.30. The van der Waals surface area contributed by atoms with Crippen LogP contribution in [0.15, 0.2) is 42.5 Å². The molecule has 2 aromatic carbocycles. The highest BCUT2D eigenvalue weighted by atomic mass is 19.4. The van der Waals surface area contributed by atoms with Gasteiger partial charge in [-0.1, -0.05) is 24.3 Å². The molecule has 3 nitrogen and oxygen atoms in total. The molecule has 0 aliphatic carbocycles. The number of nitrogens with one attached hydrogen (secondary N) is 1. The predicted octanol–water partition coefficient (Wildman–Crippen LogP) is 4.32. The number of hydrogen-bond acceptors (Lipinski definition) is 2. The van der Waals surface area contributed by atoms with E-state index in [-0.39, 0.29) is 0 Å². The lowest BCUT2D eigenvalue weighted by atomic mass is 10.0. The van der Waals surface area contributed by atoms with Crippen molar-refractivity contribution in [2.75, 3.05) is 26.2 Å². The first-order valence-corrected chi connectivity index (χ1v) is 9.03. The molecule has 2 heterocycles. The van der Waals surface area contributed by atoms with E-state index < -0.39 is 12.2 Å². The summed E-state index contributed by atoms with van der Waals surface area (Å²) in [5.41, 5.74) is 2.37. The minimum absolute atomic E-state index is 0.325. The minimum Gasteiger partial charge on any atom is -0.341 e. The van der Waals surface area contributed by atoms with E-state index in [0.717, 1.165) is 28.4 Å². The monoisotopic (exact) mass is 361 g/mol. The second kappa shape index (κ2) is 6.59. The van der Waals surface area contributed by atoms with E-state index in [1.165, 1.54) is 4.90 Å². The van der Waals surface area contributed by atoms with Gasteiger partial charge in [-0.3, -0.25) is 4.90 Å². The number of rotatable bonds is 3. The van der Waals surface area contributed by atoms with Gasteiger partial charge in [-0.25, -0.2) is 0 Å². The summed E-state index contributed by atoms with van der Waals surface area (Å²) in [4.78, 5) is 1.54. The molecular formula is C20H22F3N3. The van der Waals surface area contributed by atoms with Gasteiger partial charge in [0.1, 0.15) is 6.04 Å². The number of halogens is 3. The number of piperazine rings is 1. The molecule has 0 unspecified atom stereocenters. The third kappa shape index (κ3) is 2.87. The zero-order valence-corrected chi connectivity index (χ0v) is 14.7. The van der Waals surface area contributed by atoms with Crippen molar-refractivity contribution in [1.29, 1.82) is 0 Å². The van der Waals surface area contributed by atoms with Crippen LogP contribution in [-0.2, 0) is 6.54 Å². The van der Waals surface area contributed by atoms with Gasteiger partial charge in [0.2, 0.25) is 0 Å². The number of hydrogen-bond donors (Lipinski definition) is 1. The Morgan fingerprint density at radius 1 is 1.00 bits per heavy atom. The predicted molar refractivity (Wildman–Crippen MR) is 98.4 cm³/mol. The second-order valence-electron chi connectivity index (χ2n) is 6.77. The lowest BCUT2D eigenvalue weighted by Crippen LogP contribution is -2.49. The SMILES string of the molecule is CCn1c2ccccc2c2cc([C@H](N3CCNCC3)C(F)(F)F)ccc21. The number of aryl methyl sites for hydroxylation is 1. The molecule has 0 saturated carbocycles. The fraction of sp³-hybridized carbons (Fsp3) is 0.400. The summed E-state index contributed by atoms with van der Waals surface area (Å²) in [6.45, 7) is 4.81. The van der Waals surface area contributed by atoms with Crippen LogP contribution in [0.5, 0.6) is 0 Å². The van der Waals surface area contributed by atoms with E-state index in [9.17, 15) is 13.2 Å². The number of aromatic nitrogens is 1. The molecule has 1 aromatic heterocycles. The van der Waals surface area contributed by atoms with Gasteiger partial charge < -0.3 is 9.88 Å². The van der Waals surface area contributed by atoms with Crippen LogP contribution >= 0.6 is 0 Å². The molecule has 1 aliphatic rings. The Hall–Kier alpha value is -2.05. The molecule has 0 radical (unpaired) electrons. The Kier molecular flexibility index (Phi) is 4.40. The zero-order chi connectivity index (χ0) is 18.3. The van der Waals surface area contributed by atoms with Crippen LogP contribution in [0.2, 0.25) is 0 Å². The molecule has 0 bridgehead atoms. The van der Waals surface area contributed by atoms with E-state index in [0.29, 0.717) is 31.7 Å². The van der Waals surface area contributed by atoms with Crippen LogP contribution in [0.4, 0.5) is 13.2 Å². The van der Waals surface area contributed by atoms with Crippen molar-refractivity contribution >= 4 is 21.8 Å². The molecule has 1 N–H and O–H groups in total. The van der Waals surface area contributed by atoms with Gasteiger partial charge in [0.15, 0.2) is 0 Å². The van der Waals surface area contributed by atoms with Gasteiger partial charge in [0.25, 0.3) is 0 Å². The fourth-order valence-corrected chi connectivity index (χ4v) is 4.13. The van der Waals surface area contributed by atoms with Crippen LogP contribution in [0.1, 0.15) is 18.5 Å². The van der Waals surface area contributed by atoms with Crippen LogP contribution in [0.25, 0.3) is 21.8 Å². The molecule has 1 fully saturated rings. The summed E-state index contributed by atoms with van der Waals surface area (Å²) < 4.78 is 43.9. The first-order chi connectivity index (χ1) is 12.5. The highest BCUT2D eigenvalue weighted by molar-refractivity contribution is 6.08. The Balaban J connectivity index is 1.88. The average molecular weight is 361 g/mol. The fourth-order valence-electron chi connectivity index (χ4n) is 4.13. The van der Waals surface area contributed by atoms with E-state index >= 15 is 0 Å². The molecule has 0 spiro atoms. The minimum atomic E-state index is -4.30. The molecule has 1 saturated heterocycles. The van der Waals surface area contributed by atoms with Crippen molar-refractivity contribution in [1.82, 2.24) is 14.8 Å². The smallest absolute Gasteiger partial charge is 0.341 e. The summed E-state index contributed by atoms with van der Waals surface area (Å²) >= 11 is 0. The van der Waals surface area contributed by atoms with Crippen LogP contribution in [0, 0.1) is 0 Å². The Labute approximate surface area is 150 Å². The molecule has 3 aromatic rings. The van der Waals surface area contributed by atoms with Gasteiger partial charge >= 0.3 is 6.18 Å². The summed E-state index contributed by atoms with van der Waals surface area (Å²) in [6, 6.07) is 11.6. The van der Waals surface area contributed by atoms with Gasteiger partial charge in [-0.15, -0.1) is 0 Å². The lowest BCUT2D eigenvalue weighted by molar-refractivity contribution is -0.187. The number of nitrogens with zero attached hydrogens (tertiary/aromatic N) is 2. The standard InChI is InChI=1S/C20H22F3N3/c1-2-26-17-6-4-3-5-15(17)16-13-14(7-8-18(16)26)19(20(21,22)23)25-11-9-24-10-12-25/h3-8,13,19,24H,2,9-12H2,1H3/t19-/m0/s1. The second-order valence-corrected chi connectivity index (χ2v) is 6.77. The van der Waals surface area contributed by atoms with Crippen molar-refractivity contribution < 1.29 is 13.2 Å². The maximum absolute atomic E-state index is 13.9. The van der Waals surface area contributed by atoms with E-state index in [4.69, 9.17) is 0 Å². The number of benzene rings is 2. The summed E-state index contributed by atoms with van der Waals surface area (Å²) in [7, 11) is 0. The van der Waals surface area contributed by atoms with Gasteiger partial charge in [-0.05, 0) is 30.7 Å². The quantitative estimate of drug-likeness (QED) is 0.750. The first-order valence-electron chi connectivity index (χ1n) is 9.03. The number of fused-ring (bicyclic) bond motifs is 3. The van der Waals surface area contributed by atoms with Crippen LogP contribution < -0.4 is 5.32 Å². The number of alkyl halides is 3. The largest absolute Gasteiger partial charge is 0.408 e. The molecular weight excluding hydrogens is 339 g/mol. The van der Waals surface area contributed by atoms with Crippen molar-refractivity contribution in [3.05, 3.63) is 48.0 Å². The molecule has 6 heteroatoms. The van der Waals surface area contributed by atoms with Crippen LogP contribution in [-0.4, -0.2) is 41.8 Å². The molecule has 4 rings (SSSR count). The molecule has 26 heavy (non-hydrogen) atoms. The molecule has 138 valence electrons. The summed E-state index contributed by atoms with van der Waals surface area (Å²) in [5, 5.41) is 5.02. The van der Waals surface area contributed by atoms with E-state index in [2.05, 4.69) is 16.8 Å². The topological polar surface area (TPSA) is 20.2 Å². The Morgan fingerprint density at radius 3 is 2.38 bits per heavy atom. The maximum atomic E-state index is 13.9. The third-order valence-electron chi connectivity index (χ3n) is 5.26. The highest BCUT2D eigenvalue weighted by Crippen LogP contribution is 2.40. The lowest BCUT2D eigenvalue weighted by Gasteiger charge is -2.36. The molecule has 0 amide bonds. The van der Waals surface area contributed by atoms with E-state index in [1.807, 2.05) is 30.3 Å². The van der Waals surface area contributed by atoms with Crippen molar-refractivity contribution in [2.24, 2.45) is 0 Å². The van der Waals surface area contributed by atoms with Crippen LogP contribution in [0.3, 0.4) is 0 Å². The average Bonchev–Trinajstić information content (AvgIpc) is 2.95. The van der Waals surface area contributed by atoms with E-state index in [1.54, 1.807) is 12.1 Å². The van der Waals surface area contributed by atoms with Crippen molar-refractivity contribution in [3.63, 3.8) is 0 Å². The maximum Gasteiger partial charge on any atom is 0.408 e. The Bertz CT molecular complexity index is 923. The Morgan fingerprint density at radius 2 is 1.69 bits per heavy atom. The summed E-state index contributed by atoms with van der Waals surface area (Å²) in [5.74, 6) is 0. The number of para-hydroxylation sites is 1.